The third-order valence-electron chi connectivity index (χ3n) is 2.80. The standard InChI is InChI=1S/C12H17NO2/c1-14-11-7-9-5-3-4-6-13-10(9)8-12(11)15-2/h7-8,13H,3-6H2,1-2H3. The van der Waals surface area contributed by atoms with Crippen molar-refractivity contribution in [3.8, 4) is 11.5 Å². The van der Waals surface area contributed by atoms with Crippen molar-refractivity contribution in [2.45, 2.75) is 19.3 Å². The Morgan fingerprint density at radius 1 is 1.07 bits per heavy atom. The molecule has 1 N–H and O–H groups in total. The van der Waals surface area contributed by atoms with Gasteiger partial charge >= 0.3 is 0 Å². The zero-order chi connectivity index (χ0) is 10.7. The van der Waals surface area contributed by atoms with Crippen molar-refractivity contribution in [3.63, 3.8) is 0 Å². The highest BCUT2D eigenvalue weighted by molar-refractivity contribution is 5.61. The van der Waals surface area contributed by atoms with Crippen LogP contribution >= 0.6 is 0 Å². The minimum atomic E-state index is 0.797. The lowest BCUT2D eigenvalue weighted by Gasteiger charge is -2.13. The van der Waals surface area contributed by atoms with Crippen LogP contribution in [0.2, 0.25) is 0 Å². The van der Waals surface area contributed by atoms with Crippen LogP contribution in [-0.4, -0.2) is 20.8 Å². The zero-order valence-corrected chi connectivity index (χ0v) is 9.30. The number of aryl methyl sites for hydroxylation is 1. The molecule has 0 saturated heterocycles. The van der Waals surface area contributed by atoms with Gasteiger partial charge in [0.25, 0.3) is 0 Å². The zero-order valence-electron chi connectivity index (χ0n) is 9.30. The highest BCUT2D eigenvalue weighted by atomic mass is 16.5. The minimum Gasteiger partial charge on any atom is -0.493 e. The highest BCUT2D eigenvalue weighted by Gasteiger charge is 2.12. The topological polar surface area (TPSA) is 30.5 Å². The van der Waals surface area contributed by atoms with Crippen molar-refractivity contribution in [3.05, 3.63) is 17.7 Å². The van der Waals surface area contributed by atoms with E-state index in [4.69, 9.17) is 9.47 Å². The minimum absolute atomic E-state index is 0.797. The molecule has 0 amide bonds. The molecule has 0 spiro atoms. The molecule has 0 saturated carbocycles. The summed E-state index contributed by atoms with van der Waals surface area (Å²) in [5, 5.41) is 3.42. The number of anilines is 1. The first-order valence-electron chi connectivity index (χ1n) is 5.34. The lowest BCUT2D eigenvalue weighted by molar-refractivity contribution is 0.355. The van der Waals surface area contributed by atoms with Crippen LogP contribution in [0.25, 0.3) is 0 Å². The molecule has 1 aromatic rings. The Bertz CT molecular complexity index is 317. The highest BCUT2D eigenvalue weighted by Crippen LogP contribution is 2.34. The number of hydrogen-bond acceptors (Lipinski definition) is 3. The van der Waals surface area contributed by atoms with Gasteiger partial charge in [-0.3, -0.25) is 0 Å². The van der Waals surface area contributed by atoms with Crippen LogP contribution in [0.15, 0.2) is 12.1 Å². The number of nitrogens with one attached hydrogen (secondary N) is 1. The Morgan fingerprint density at radius 2 is 1.80 bits per heavy atom. The van der Waals surface area contributed by atoms with E-state index >= 15 is 0 Å². The van der Waals surface area contributed by atoms with E-state index in [-0.39, 0.29) is 0 Å². The molecule has 15 heavy (non-hydrogen) atoms. The molecule has 0 atom stereocenters. The molecule has 0 radical (unpaired) electrons. The van der Waals surface area contributed by atoms with Gasteiger partial charge in [0.15, 0.2) is 11.5 Å². The Kier molecular flexibility index (Phi) is 2.99. The molecule has 0 aliphatic carbocycles. The average Bonchev–Trinajstić information content (AvgIpc) is 2.51. The van der Waals surface area contributed by atoms with E-state index in [2.05, 4.69) is 11.4 Å². The molecule has 2 rings (SSSR count). The van der Waals surface area contributed by atoms with E-state index in [1.807, 2.05) is 6.07 Å². The smallest absolute Gasteiger partial charge is 0.162 e. The van der Waals surface area contributed by atoms with E-state index in [0.717, 1.165) is 24.5 Å². The lowest BCUT2D eigenvalue weighted by atomic mass is 10.1. The Morgan fingerprint density at radius 3 is 2.53 bits per heavy atom. The fourth-order valence-corrected chi connectivity index (χ4v) is 1.96. The number of rotatable bonds is 2. The van der Waals surface area contributed by atoms with E-state index in [1.165, 1.54) is 24.1 Å². The van der Waals surface area contributed by atoms with Gasteiger partial charge in [0.2, 0.25) is 0 Å². The molecule has 1 aliphatic heterocycles. The maximum atomic E-state index is 5.29. The van der Waals surface area contributed by atoms with Crippen molar-refractivity contribution < 1.29 is 9.47 Å². The summed E-state index contributed by atoms with van der Waals surface area (Å²) in [7, 11) is 3.34. The molecule has 1 aromatic carbocycles. The summed E-state index contributed by atoms with van der Waals surface area (Å²) in [6.07, 6.45) is 3.57. The molecular weight excluding hydrogens is 190 g/mol. The van der Waals surface area contributed by atoms with Gasteiger partial charge in [0, 0.05) is 18.3 Å². The first kappa shape index (κ1) is 10.1. The van der Waals surface area contributed by atoms with Crippen molar-refractivity contribution >= 4 is 5.69 Å². The molecule has 0 fully saturated rings. The summed E-state index contributed by atoms with van der Waals surface area (Å²) in [6.45, 7) is 1.04. The van der Waals surface area contributed by atoms with E-state index in [9.17, 15) is 0 Å². The van der Waals surface area contributed by atoms with Crippen LogP contribution in [0.4, 0.5) is 5.69 Å². The predicted octanol–water partition coefficient (Wildman–Crippen LogP) is 2.45. The molecule has 1 heterocycles. The van der Waals surface area contributed by atoms with Crippen molar-refractivity contribution in [1.29, 1.82) is 0 Å². The van der Waals surface area contributed by atoms with Gasteiger partial charge in [0.05, 0.1) is 14.2 Å². The molecule has 0 bridgehead atoms. The van der Waals surface area contributed by atoms with Gasteiger partial charge in [-0.15, -0.1) is 0 Å². The second-order valence-corrected chi connectivity index (χ2v) is 3.75. The summed E-state index contributed by atoms with van der Waals surface area (Å²) in [4.78, 5) is 0. The van der Waals surface area contributed by atoms with Gasteiger partial charge in [-0.05, 0) is 30.9 Å². The number of hydrogen-bond donors (Lipinski definition) is 1. The SMILES string of the molecule is COc1cc2c(cc1OC)NCCCC2. The van der Waals surface area contributed by atoms with Crippen molar-refractivity contribution in [1.82, 2.24) is 0 Å². The molecule has 0 aromatic heterocycles. The Balaban J connectivity index is 2.41. The third-order valence-corrected chi connectivity index (χ3v) is 2.80. The fraction of sp³-hybridized carbons (Fsp3) is 0.500. The maximum absolute atomic E-state index is 5.29. The van der Waals surface area contributed by atoms with Crippen LogP contribution in [0.3, 0.4) is 0 Å². The first-order valence-corrected chi connectivity index (χ1v) is 5.34. The normalized spacial score (nSPS) is 14.8. The van der Waals surface area contributed by atoms with Crippen LogP contribution < -0.4 is 14.8 Å². The summed E-state index contributed by atoms with van der Waals surface area (Å²) < 4.78 is 10.6. The lowest BCUT2D eigenvalue weighted by Crippen LogP contribution is -2.01. The second-order valence-electron chi connectivity index (χ2n) is 3.75. The maximum Gasteiger partial charge on any atom is 0.162 e. The Labute approximate surface area is 90.4 Å². The summed E-state index contributed by atoms with van der Waals surface area (Å²) in [5.41, 5.74) is 2.51. The first-order chi connectivity index (χ1) is 7.35. The van der Waals surface area contributed by atoms with E-state index in [0.29, 0.717) is 0 Å². The Hall–Kier alpha value is -1.38. The van der Waals surface area contributed by atoms with Gasteiger partial charge in [0.1, 0.15) is 0 Å². The second kappa shape index (κ2) is 4.43. The molecule has 3 nitrogen and oxygen atoms in total. The van der Waals surface area contributed by atoms with Gasteiger partial charge in [-0.25, -0.2) is 0 Å². The number of benzene rings is 1. The summed E-state index contributed by atoms with van der Waals surface area (Å²) in [5.74, 6) is 1.62. The molecule has 0 unspecified atom stereocenters. The largest absolute Gasteiger partial charge is 0.493 e. The predicted molar refractivity (Wildman–Crippen MR) is 61.0 cm³/mol. The number of fused-ring (bicyclic) bond motifs is 1. The van der Waals surface area contributed by atoms with Crippen molar-refractivity contribution in [2.75, 3.05) is 26.1 Å². The fourth-order valence-electron chi connectivity index (χ4n) is 1.96. The van der Waals surface area contributed by atoms with Crippen LogP contribution in [0.1, 0.15) is 18.4 Å². The molecule has 82 valence electrons. The monoisotopic (exact) mass is 207 g/mol. The molecule has 1 aliphatic rings. The number of methoxy groups -OCH3 is 2. The summed E-state index contributed by atoms with van der Waals surface area (Å²) in [6, 6.07) is 4.10. The third kappa shape index (κ3) is 2.01. The molecule has 3 heteroatoms. The molecular formula is C12H17NO2. The van der Waals surface area contributed by atoms with Gasteiger partial charge in [-0.1, -0.05) is 0 Å². The van der Waals surface area contributed by atoms with Crippen LogP contribution in [0.5, 0.6) is 11.5 Å². The van der Waals surface area contributed by atoms with Crippen molar-refractivity contribution in [2.24, 2.45) is 0 Å². The summed E-state index contributed by atoms with van der Waals surface area (Å²) >= 11 is 0. The average molecular weight is 207 g/mol. The van der Waals surface area contributed by atoms with Crippen LogP contribution in [-0.2, 0) is 6.42 Å². The van der Waals surface area contributed by atoms with Gasteiger partial charge < -0.3 is 14.8 Å². The van der Waals surface area contributed by atoms with E-state index in [1.54, 1.807) is 14.2 Å². The van der Waals surface area contributed by atoms with E-state index < -0.39 is 0 Å². The quantitative estimate of drug-likeness (QED) is 0.808. The van der Waals surface area contributed by atoms with Gasteiger partial charge in [-0.2, -0.15) is 0 Å². The number of ether oxygens (including phenoxy) is 2. The van der Waals surface area contributed by atoms with Crippen LogP contribution in [0, 0.1) is 0 Å².